The van der Waals surface area contributed by atoms with Gasteiger partial charge in [0.25, 0.3) is 0 Å². The third kappa shape index (κ3) is 1.83. The lowest BCUT2D eigenvalue weighted by Gasteiger charge is -2.17. The fourth-order valence-corrected chi connectivity index (χ4v) is 1.43. The van der Waals surface area contributed by atoms with E-state index >= 15 is 0 Å². The van der Waals surface area contributed by atoms with Gasteiger partial charge in [-0.2, -0.15) is 25.3 Å². The average Bonchev–Trinajstić information content (AvgIpc) is 1.96. The summed E-state index contributed by atoms with van der Waals surface area (Å²) in [6, 6.07) is 0. The molecule has 4 heteroatoms. The maximum absolute atomic E-state index is 11.1. The van der Waals surface area contributed by atoms with Gasteiger partial charge in [-0.05, 0) is 19.3 Å². The molecule has 1 saturated heterocycles. The summed E-state index contributed by atoms with van der Waals surface area (Å²) in [5, 5.41) is 2.74. The Hall–Kier alpha value is 0.170. The zero-order valence-electron chi connectivity index (χ0n) is 5.63. The highest BCUT2D eigenvalue weighted by Crippen LogP contribution is 2.28. The molecule has 0 aromatic rings. The van der Waals surface area contributed by atoms with Gasteiger partial charge in [0.2, 0.25) is 5.91 Å². The Morgan fingerprint density at radius 3 is 2.80 bits per heavy atom. The molecule has 0 atom stereocenters. The molecule has 1 fully saturated rings. The van der Waals surface area contributed by atoms with Gasteiger partial charge in [-0.3, -0.25) is 4.79 Å². The summed E-state index contributed by atoms with van der Waals surface area (Å²) in [6.07, 6.45) is 2.81. The van der Waals surface area contributed by atoms with Crippen LogP contribution in [0.5, 0.6) is 0 Å². The fraction of sp³-hybridized carbons (Fsp3) is 0.833. The predicted molar refractivity (Wildman–Crippen MR) is 47.6 cm³/mol. The van der Waals surface area contributed by atoms with E-state index in [9.17, 15) is 4.79 Å². The summed E-state index contributed by atoms with van der Waals surface area (Å²) in [7, 11) is 0. The van der Waals surface area contributed by atoms with Crippen LogP contribution in [-0.2, 0) is 4.79 Å². The lowest BCUT2D eigenvalue weighted by Crippen LogP contribution is -2.36. The third-order valence-electron chi connectivity index (χ3n) is 1.60. The van der Waals surface area contributed by atoms with Crippen molar-refractivity contribution < 1.29 is 4.79 Å². The molecule has 2 nitrogen and oxygen atoms in total. The highest BCUT2D eigenvalue weighted by molar-refractivity contribution is 8.02. The largest absolute Gasteiger partial charge is 0.354 e. The summed E-state index contributed by atoms with van der Waals surface area (Å²) in [5.74, 6) is -0.0586. The van der Waals surface area contributed by atoms with Crippen LogP contribution in [0.2, 0.25) is 0 Å². The second kappa shape index (κ2) is 3.05. The van der Waals surface area contributed by atoms with Crippen molar-refractivity contribution in [1.82, 2.24) is 5.32 Å². The van der Waals surface area contributed by atoms with E-state index in [1.807, 2.05) is 0 Å². The molecule has 0 saturated carbocycles. The first-order valence-corrected chi connectivity index (χ1v) is 4.25. The fourth-order valence-electron chi connectivity index (χ4n) is 0.954. The summed E-state index contributed by atoms with van der Waals surface area (Å²) in [6.45, 7) is 0.766. The molecule has 1 amide bonds. The Balaban J connectivity index is 2.61. The van der Waals surface area contributed by atoms with E-state index in [1.165, 1.54) is 0 Å². The molecule has 0 aliphatic carbocycles. The van der Waals surface area contributed by atoms with Crippen molar-refractivity contribution in [3.8, 4) is 0 Å². The number of hydrogen-bond acceptors (Lipinski definition) is 3. The molecule has 0 aromatic heterocycles. The van der Waals surface area contributed by atoms with Crippen molar-refractivity contribution in [3.05, 3.63) is 0 Å². The molecule has 1 rings (SSSR count). The Morgan fingerprint density at radius 2 is 2.10 bits per heavy atom. The minimum Gasteiger partial charge on any atom is -0.354 e. The van der Waals surface area contributed by atoms with Crippen molar-refractivity contribution in [2.24, 2.45) is 0 Å². The van der Waals surface area contributed by atoms with Crippen molar-refractivity contribution in [2.75, 3.05) is 6.54 Å². The monoisotopic (exact) mass is 177 g/mol. The minimum absolute atomic E-state index is 0.0586. The summed E-state index contributed by atoms with van der Waals surface area (Å²) in [5.41, 5.74) is 0. The molecule has 1 N–H and O–H groups in total. The van der Waals surface area contributed by atoms with E-state index in [0.717, 1.165) is 25.8 Å². The molecule has 0 aromatic carbocycles. The summed E-state index contributed by atoms with van der Waals surface area (Å²) < 4.78 is -0.740. The van der Waals surface area contributed by atoms with Crippen LogP contribution in [0, 0.1) is 0 Å². The highest BCUT2D eigenvalue weighted by atomic mass is 32.2. The number of hydrogen-bond donors (Lipinski definition) is 3. The average molecular weight is 177 g/mol. The van der Waals surface area contributed by atoms with E-state index < -0.39 is 4.08 Å². The molecule has 58 valence electrons. The van der Waals surface area contributed by atoms with Crippen molar-refractivity contribution in [1.29, 1.82) is 0 Å². The first kappa shape index (κ1) is 8.27. The number of carbonyl (C=O) groups is 1. The van der Waals surface area contributed by atoms with Crippen LogP contribution in [0.15, 0.2) is 0 Å². The van der Waals surface area contributed by atoms with Gasteiger partial charge in [0, 0.05) is 6.54 Å². The van der Waals surface area contributed by atoms with Crippen LogP contribution in [0.3, 0.4) is 0 Å². The van der Waals surface area contributed by atoms with Crippen LogP contribution >= 0.6 is 25.3 Å². The smallest absolute Gasteiger partial charge is 0.245 e. The molecule has 10 heavy (non-hydrogen) atoms. The minimum atomic E-state index is -0.740. The number of amides is 1. The number of carbonyl (C=O) groups excluding carboxylic acids is 1. The van der Waals surface area contributed by atoms with E-state index in [0.29, 0.717) is 0 Å². The molecular weight excluding hydrogens is 166 g/mol. The van der Waals surface area contributed by atoms with Gasteiger partial charge in [0.15, 0.2) is 0 Å². The standard InChI is InChI=1S/C6H11NOS2/c8-5-6(9,10)3-1-2-4-7-5/h9-10H,1-4H2,(H,7,8). The third-order valence-corrected chi connectivity index (χ3v) is 2.45. The van der Waals surface area contributed by atoms with Gasteiger partial charge in [0.05, 0.1) is 0 Å². The zero-order valence-corrected chi connectivity index (χ0v) is 7.42. The van der Waals surface area contributed by atoms with Crippen molar-refractivity contribution in [2.45, 2.75) is 23.3 Å². The number of thiol groups is 2. The van der Waals surface area contributed by atoms with E-state index in [2.05, 4.69) is 30.6 Å². The van der Waals surface area contributed by atoms with E-state index in [4.69, 9.17) is 0 Å². The molecule has 1 aliphatic rings. The highest BCUT2D eigenvalue weighted by Gasteiger charge is 2.30. The van der Waals surface area contributed by atoms with Gasteiger partial charge in [-0.25, -0.2) is 0 Å². The van der Waals surface area contributed by atoms with Gasteiger partial charge >= 0.3 is 0 Å². The SMILES string of the molecule is O=C1NCCCCC1(S)S. The molecular formula is C6H11NOS2. The molecule has 0 radical (unpaired) electrons. The number of rotatable bonds is 0. The molecule has 0 spiro atoms. The second-order valence-electron chi connectivity index (χ2n) is 2.53. The van der Waals surface area contributed by atoms with Gasteiger partial charge in [-0.15, -0.1) is 0 Å². The van der Waals surface area contributed by atoms with Crippen molar-refractivity contribution in [3.63, 3.8) is 0 Å². The Labute approximate surface area is 71.6 Å². The molecule has 1 heterocycles. The maximum Gasteiger partial charge on any atom is 0.245 e. The number of nitrogens with one attached hydrogen (secondary N) is 1. The van der Waals surface area contributed by atoms with Crippen LogP contribution in [-0.4, -0.2) is 16.5 Å². The second-order valence-corrected chi connectivity index (χ2v) is 4.41. The zero-order chi connectivity index (χ0) is 7.61. The Morgan fingerprint density at radius 1 is 1.40 bits per heavy atom. The van der Waals surface area contributed by atoms with Gasteiger partial charge in [-0.1, -0.05) is 0 Å². The molecule has 0 unspecified atom stereocenters. The van der Waals surface area contributed by atoms with Crippen LogP contribution in [0.25, 0.3) is 0 Å². The quantitative estimate of drug-likeness (QED) is 0.371. The normalized spacial score (nSPS) is 25.2. The topological polar surface area (TPSA) is 29.1 Å². The predicted octanol–water partition coefficient (Wildman–Crippen LogP) is 0.842. The van der Waals surface area contributed by atoms with E-state index in [1.54, 1.807) is 0 Å². The van der Waals surface area contributed by atoms with Crippen LogP contribution in [0.1, 0.15) is 19.3 Å². The lowest BCUT2D eigenvalue weighted by atomic mass is 10.2. The Kier molecular flexibility index (Phi) is 2.52. The van der Waals surface area contributed by atoms with E-state index in [-0.39, 0.29) is 5.91 Å². The van der Waals surface area contributed by atoms with Gasteiger partial charge < -0.3 is 5.32 Å². The van der Waals surface area contributed by atoms with Crippen LogP contribution in [0.4, 0.5) is 0 Å². The molecule has 1 aliphatic heterocycles. The molecule has 0 bridgehead atoms. The van der Waals surface area contributed by atoms with Gasteiger partial charge in [0.1, 0.15) is 4.08 Å². The lowest BCUT2D eigenvalue weighted by molar-refractivity contribution is -0.120. The Bertz CT molecular complexity index is 147. The van der Waals surface area contributed by atoms with Crippen molar-refractivity contribution >= 4 is 31.2 Å². The van der Waals surface area contributed by atoms with Crippen LogP contribution < -0.4 is 5.32 Å². The maximum atomic E-state index is 11.1. The first-order valence-electron chi connectivity index (χ1n) is 3.36. The summed E-state index contributed by atoms with van der Waals surface area (Å²) in [4.78, 5) is 11.1. The first-order chi connectivity index (χ1) is 4.63. The summed E-state index contributed by atoms with van der Waals surface area (Å²) >= 11 is 8.27.